The van der Waals surface area contributed by atoms with E-state index < -0.39 is 11.9 Å². The van der Waals surface area contributed by atoms with E-state index in [0.717, 1.165) is 81.9 Å². The summed E-state index contributed by atoms with van der Waals surface area (Å²) in [5.41, 5.74) is 3.61. The number of rotatable bonds is 19. The third kappa shape index (κ3) is 13.8. The Labute approximate surface area is 274 Å². The average molecular weight is 642 g/mol. The maximum absolute atomic E-state index is 12.6. The largest absolute Gasteiger partial charge is 0.494 e. The van der Waals surface area contributed by atoms with Gasteiger partial charge >= 0.3 is 11.9 Å². The SMILES string of the molecule is C=CC(=O)OCCCCOc1ccc(C=Nc2ccc(SC(=O)/C=C/c3ccc(OCCCCOC(=O)C=C)cc3)cc2C)cc1. The first-order chi connectivity index (χ1) is 22.4. The lowest BCUT2D eigenvalue weighted by atomic mass is 10.2. The predicted molar refractivity (Wildman–Crippen MR) is 183 cm³/mol. The maximum atomic E-state index is 12.6. The van der Waals surface area contributed by atoms with Crippen LogP contribution in [0.25, 0.3) is 6.08 Å². The van der Waals surface area contributed by atoms with Gasteiger partial charge in [-0.25, -0.2) is 9.59 Å². The maximum Gasteiger partial charge on any atom is 0.330 e. The zero-order valence-electron chi connectivity index (χ0n) is 26.0. The van der Waals surface area contributed by atoms with Crippen molar-refractivity contribution in [2.45, 2.75) is 37.5 Å². The number of esters is 2. The van der Waals surface area contributed by atoms with Gasteiger partial charge in [0.25, 0.3) is 0 Å². The van der Waals surface area contributed by atoms with Crippen LogP contribution in [0.15, 0.2) is 108 Å². The Morgan fingerprint density at radius 3 is 1.76 bits per heavy atom. The van der Waals surface area contributed by atoms with E-state index in [1.54, 1.807) is 18.4 Å². The fourth-order valence-corrected chi connectivity index (χ4v) is 4.61. The van der Waals surface area contributed by atoms with Crippen molar-refractivity contribution in [3.63, 3.8) is 0 Å². The normalized spacial score (nSPS) is 10.9. The summed E-state index contributed by atoms with van der Waals surface area (Å²) in [6.45, 7) is 10.4. The first kappa shape index (κ1) is 35.6. The van der Waals surface area contributed by atoms with Crippen molar-refractivity contribution in [3.05, 3.63) is 115 Å². The van der Waals surface area contributed by atoms with Crippen LogP contribution in [0.2, 0.25) is 0 Å². The third-order valence-corrected chi connectivity index (χ3v) is 7.18. The molecule has 0 N–H and O–H groups in total. The molecule has 0 atom stereocenters. The second-order valence-corrected chi connectivity index (χ2v) is 11.0. The van der Waals surface area contributed by atoms with Crippen LogP contribution in [0.1, 0.15) is 42.4 Å². The van der Waals surface area contributed by atoms with Crippen molar-refractivity contribution in [2.75, 3.05) is 26.4 Å². The van der Waals surface area contributed by atoms with Crippen LogP contribution >= 0.6 is 11.8 Å². The molecule has 3 rings (SSSR count). The van der Waals surface area contributed by atoms with Crippen molar-refractivity contribution in [3.8, 4) is 11.5 Å². The second-order valence-electron chi connectivity index (χ2n) is 9.95. The number of aryl methyl sites for hydroxylation is 1. The third-order valence-electron chi connectivity index (χ3n) is 6.35. The molecule has 46 heavy (non-hydrogen) atoms. The molecule has 0 radical (unpaired) electrons. The van der Waals surface area contributed by atoms with Crippen LogP contribution in [0, 0.1) is 6.92 Å². The molecule has 3 aromatic rings. The van der Waals surface area contributed by atoms with Crippen molar-refractivity contribution in [1.29, 1.82) is 0 Å². The van der Waals surface area contributed by atoms with Crippen molar-refractivity contribution < 1.29 is 33.3 Å². The van der Waals surface area contributed by atoms with Crippen molar-refractivity contribution >= 4 is 46.8 Å². The standard InChI is InChI=1S/C37H39NO7S/c1-4-35(39)44-24-8-6-22-42-31-15-10-29(11-16-31)14-21-37(41)46-33-19-20-34(28(3)26-33)38-27-30-12-17-32(18-13-30)43-23-7-9-25-45-36(40)5-2/h4-5,10-21,26-27H,1-2,6-9,22-25H2,3H3/b21-14+,38-27?. The highest BCUT2D eigenvalue weighted by Gasteiger charge is 2.05. The summed E-state index contributed by atoms with van der Waals surface area (Å²) in [6, 6.07) is 20.9. The summed E-state index contributed by atoms with van der Waals surface area (Å²) in [5, 5.41) is -0.0772. The summed E-state index contributed by atoms with van der Waals surface area (Å²) >= 11 is 1.16. The molecule has 0 aliphatic carbocycles. The highest BCUT2D eigenvalue weighted by atomic mass is 32.2. The average Bonchev–Trinajstić information content (AvgIpc) is 3.07. The highest BCUT2D eigenvalue weighted by Crippen LogP contribution is 2.27. The van der Waals surface area contributed by atoms with E-state index in [9.17, 15) is 14.4 Å². The number of unbranched alkanes of at least 4 members (excludes halogenated alkanes) is 2. The van der Waals surface area contributed by atoms with Crippen LogP contribution in [0.5, 0.6) is 11.5 Å². The number of thioether (sulfide) groups is 1. The molecule has 3 aromatic carbocycles. The number of hydrogen-bond donors (Lipinski definition) is 0. The first-order valence-corrected chi connectivity index (χ1v) is 15.8. The Morgan fingerprint density at radius 1 is 0.717 bits per heavy atom. The molecule has 240 valence electrons. The molecule has 0 saturated carbocycles. The van der Waals surface area contributed by atoms with Crippen LogP contribution in [0.3, 0.4) is 0 Å². The molecule has 0 amide bonds. The summed E-state index contributed by atoms with van der Waals surface area (Å²) in [7, 11) is 0. The number of benzene rings is 3. The predicted octanol–water partition coefficient (Wildman–Crippen LogP) is 7.85. The molecule has 0 bridgehead atoms. The van der Waals surface area contributed by atoms with Gasteiger partial charge in [0.05, 0.1) is 32.1 Å². The Morgan fingerprint density at radius 2 is 1.24 bits per heavy atom. The molecular weight excluding hydrogens is 602 g/mol. The zero-order valence-corrected chi connectivity index (χ0v) is 26.8. The van der Waals surface area contributed by atoms with Gasteiger partial charge in [0.2, 0.25) is 5.12 Å². The summed E-state index contributed by atoms with van der Waals surface area (Å²) in [5.74, 6) is 0.666. The lowest BCUT2D eigenvalue weighted by Crippen LogP contribution is -2.04. The molecule has 0 fully saturated rings. The summed E-state index contributed by atoms with van der Waals surface area (Å²) < 4.78 is 21.3. The van der Waals surface area contributed by atoms with Crippen molar-refractivity contribution in [1.82, 2.24) is 0 Å². The van der Waals surface area contributed by atoms with E-state index in [4.69, 9.17) is 18.9 Å². The van der Waals surface area contributed by atoms with Crippen LogP contribution in [-0.4, -0.2) is 49.7 Å². The van der Waals surface area contributed by atoms with Gasteiger partial charge in [-0.05, 0) is 122 Å². The van der Waals surface area contributed by atoms with Gasteiger partial charge in [-0.15, -0.1) is 0 Å². The quantitative estimate of drug-likeness (QED) is 0.0429. The number of carbonyl (C=O) groups is 3. The fourth-order valence-electron chi connectivity index (χ4n) is 3.87. The van der Waals surface area contributed by atoms with Gasteiger partial charge in [-0.3, -0.25) is 9.79 Å². The van der Waals surface area contributed by atoms with E-state index >= 15 is 0 Å². The van der Waals surface area contributed by atoms with Crippen LogP contribution < -0.4 is 9.47 Å². The minimum atomic E-state index is -0.418. The van der Waals surface area contributed by atoms with E-state index in [-0.39, 0.29) is 5.12 Å². The van der Waals surface area contributed by atoms with E-state index in [1.807, 2.05) is 73.7 Å². The highest BCUT2D eigenvalue weighted by molar-refractivity contribution is 8.14. The minimum Gasteiger partial charge on any atom is -0.494 e. The second kappa shape index (κ2) is 20.2. The molecule has 0 unspecified atom stereocenters. The van der Waals surface area contributed by atoms with Crippen LogP contribution in [-0.2, 0) is 23.9 Å². The zero-order chi connectivity index (χ0) is 33.0. The molecular formula is C37H39NO7S. The Kier molecular flexibility index (Phi) is 15.6. The summed E-state index contributed by atoms with van der Waals surface area (Å²) in [6.07, 6.45) is 10.4. The lowest BCUT2D eigenvalue weighted by molar-refractivity contribution is -0.138. The first-order valence-electron chi connectivity index (χ1n) is 14.9. The minimum absolute atomic E-state index is 0.0772. The monoisotopic (exact) mass is 641 g/mol. The van der Waals surface area contributed by atoms with Gasteiger partial charge in [0.15, 0.2) is 0 Å². The van der Waals surface area contributed by atoms with E-state index in [0.29, 0.717) is 32.8 Å². The molecule has 9 heteroatoms. The van der Waals surface area contributed by atoms with Crippen LogP contribution in [0.4, 0.5) is 5.69 Å². The number of aliphatic imine (C=N–C) groups is 1. The smallest absolute Gasteiger partial charge is 0.330 e. The molecule has 0 aliphatic heterocycles. The fraction of sp³-hybridized carbons (Fsp3) is 0.243. The molecule has 0 saturated heterocycles. The molecule has 0 aromatic heterocycles. The Balaban J connectivity index is 1.39. The van der Waals surface area contributed by atoms with Crippen molar-refractivity contribution in [2.24, 2.45) is 4.99 Å². The number of hydrogen-bond acceptors (Lipinski definition) is 9. The number of nitrogens with zero attached hydrogens (tertiary/aromatic N) is 1. The van der Waals surface area contributed by atoms with Gasteiger partial charge in [-0.1, -0.05) is 31.4 Å². The lowest BCUT2D eigenvalue weighted by Gasteiger charge is -2.07. The van der Waals surface area contributed by atoms with Gasteiger partial charge in [0.1, 0.15) is 11.5 Å². The van der Waals surface area contributed by atoms with Gasteiger partial charge in [-0.2, -0.15) is 0 Å². The van der Waals surface area contributed by atoms with Gasteiger partial charge in [0, 0.05) is 23.3 Å². The molecule has 0 spiro atoms. The molecule has 0 aliphatic rings. The Hall–Kier alpha value is -4.89. The number of ether oxygens (including phenoxy) is 4. The molecule has 8 nitrogen and oxygen atoms in total. The molecule has 0 heterocycles. The van der Waals surface area contributed by atoms with E-state index in [2.05, 4.69) is 18.2 Å². The van der Waals surface area contributed by atoms with Gasteiger partial charge < -0.3 is 18.9 Å². The summed E-state index contributed by atoms with van der Waals surface area (Å²) in [4.78, 5) is 40.1. The topological polar surface area (TPSA) is 100 Å². The number of carbonyl (C=O) groups excluding carboxylic acids is 3. The Bertz CT molecular complexity index is 1510. The van der Waals surface area contributed by atoms with E-state index in [1.165, 1.54) is 0 Å².